The van der Waals surface area contributed by atoms with Gasteiger partial charge in [0.2, 0.25) is 0 Å². The molecule has 0 aliphatic rings. The first-order valence-corrected chi connectivity index (χ1v) is 7.40. The van der Waals surface area contributed by atoms with Crippen LogP contribution in [0.1, 0.15) is 30.2 Å². The predicted octanol–water partition coefficient (Wildman–Crippen LogP) is 4.29. The average Bonchev–Trinajstić information content (AvgIpc) is 2.55. The fourth-order valence-electron chi connectivity index (χ4n) is 2.57. The fraction of sp³-hybridized carbons (Fsp3) is 0.211. The number of aliphatic hydroxyl groups is 1. The monoisotopic (exact) mass is 277 g/mol. The molecule has 0 aliphatic heterocycles. The van der Waals surface area contributed by atoms with Crippen LogP contribution in [0, 0.1) is 0 Å². The Kier molecular flexibility index (Phi) is 4.27. The molecule has 0 fully saturated rings. The van der Waals surface area contributed by atoms with Crippen LogP contribution in [0.3, 0.4) is 0 Å². The Balaban J connectivity index is 1.59. The molecule has 1 unspecified atom stereocenters. The van der Waals surface area contributed by atoms with Crippen molar-refractivity contribution in [3.63, 3.8) is 0 Å². The summed E-state index contributed by atoms with van der Waals surface area (Å²) in [5, 5.41) is 11.3. The second-order valence-corrected chi connectivity index (χ2v) is 5.31. The molecular formula is C19H19NO. The summed E-state index contributed by atoms with van der Waals surface area (Å²) < 4.78 is 0. The van der Waals surface area contributed by atoms with Crippen LogP contribution >= 0.6 is 0 Å². The third-order valence-corrected chi connectivity index (χ3v) is 3.75. The highest BCUT2D eigenvalue weighted by Crippen LogP contribution is 2.19. The number of rotatable bonds is 5. The van der Waals surface area contributed by atoms with Crippen LogP contribution in [-0.4, -0.2) is 10.1 Å². The minimum Gasteiger partial charge on any atom is -0.388 e. The average molecular weight is 277 g/mol. The molecule has 0 amide bonds. The highest BCUT2D eigenvalue weighted by Gasteiger charge is 2.07. The molecule has 1 aromatic heterocycles. The van der Waals surface area contributed by atoms with Crippen molar-refractivity contribution in [2.75, 3.05) is 0 Å². The number of aromatic nitrogens is 1. The van der Waals surface area contributed by atoms with Crippen molar-refractivity contribution >= 4 is 10.9 Å². The van der Waals surface area contributed by atoms with Gasteiger partial charge in [0.25, 0.3) is 0 Å². The van der Waals surface area contributed by atoms with Gasteiger partial charge in [-0.1, -0.05) is 54.6 Å². The summed E-state index contributed by atoms with van der Waals surface area (Å²) in [6, 6.07) is 22.2. The van der Waals surface area contributed by atoms with E-state index in [1.807, 2.05) is 48.5 Å². The number of aryl methyl sites for hydroxylation is 1. The van der Waals surface area contributed by atoms with E-state index in [0.717, 1.165) is 36.0 Å². The Morgan fingerprint density at radius 2 is 1.62 bits per heavy atom. The van der Waals surface area contributed by atoms with Crippen molar-refractivity contribution < 1.29 is 5.11 Å². The quantitative estimate of drug-likeness (QED) is 0.754. The highest BCUT2D eigenvalue weighted by molar-refractivity contribution is 5.78. The first-order valence-electron chi connectivity index (χ1n) is 7.40. The minimum absolute atomic E-state index is 0.383. The van der Waals surface area contributed by atoms with Crippen molar-refractivity contribution in [3.05, 3.63) is 78.0 Å². The molecule has 106 valence electrons. The standard InChI is InChI=1S/C19H19NO/c21-19(16-8-2-1-3-9-16)12-6-10-17-14-13-15-7-4-5-11-18(15)20-17/h1-5,7-9,11,13-14,19,21H,6,10,12H2. The lowest BCUT2D eigenvalue weighted by Crippen LogP contribution is -1.99. The predicted molar refractivity (Wildman–Crippen MR) is 86.1 cm³/mol. The van der Waals surface area contributed by atoms with E-state index in [1.54, 1.807) is 0 Å². The first kappa shape index (κ1) is 13.8. The molecule has 3 rings (SSSR count). The second kappa shape index (κ2) is 6.51. The Bertz CT molecular complexity index is 709. The van der Waals surface area contributed by atoms with E-state index >= 15 is 0 Å². The van der Waals surface area contributed by atoms with E-state index < -0.39 is 0 Å². The topological polar surface area (TPSA) is 33.1 Å². The Morgan fingerprint density at radius 3 is 2.48 bits per heavy atom. The van der Waals surface area contributed by atoms with Gasteiger partial charge >= 0.3 is 0 Å². The number of para-hydroxylation sites is 1. The van der Waals surface area contributed by atoms with Gasteiger partial charge in [-0.3, -0.25) is 4.98 Å². The SMILES string of the molecule is OC(CCCc1ccc2ccccc2n1)c1ccccc1. The van der Waals surface area contributed by atoms with Crippen molar-refractivity contribution in [2.24, 2.45) is 0 Å². The molecule has 21 heavy (non-hydrogen) atoms. The molecule has 0 bridgehead atoms. The zero-order valence-electron chi connectivity index (χ0n) is 11.9. The summed E-state index contributed by atoms with van der Waals surface area (Å²) >= 11 is 0. The van der Waals surface area contributed by atoms with E-state index in [2.05, 4.69) is 23.2 Å². The first-order chi connectivity index (χ1) is 10.3. The molecule has 2 aromatic carbocycles. The molecule has 3 aromatic rings. The number of hydrogen-bond acceptors (Lipinski definition) is 2. The maximum atomic E-state index is 10.1. The van der Waals surface area contributed by atoms with Crippen LogP contribution in [0.5, 0.6) is 0 Å². The van der Waals surface area contributed by atoms with Gasteiger partial charge in [-0.05, 0) is 37.0 Å². The number of benzene rings is 2. The molecule has 0 radical (unpaired) electrons. The van der Waals surface area contributed by atoms with Gasteiger partial charge in [-0.15, -0.1) is 0 Å². The van der Waals surface area contributed by atoms with Crippen LogP contribution in [0.25, 0.3) is 10.9 Å². The lowest BCUT2D eigenvalue weighted by atomic mass is 10.0. The van der Waals surface area contributed by atoms with Crippen molar-refractivity contribution in [3.8, 4) is 0 Å². The Hall–Kier alpha value is -2.19. The molecular weight excluding hydrogens is 258 g/mol. The number of pyridine rings is 1. The maximum absolute atomic E-state index is 10.1. The lowest BCUT2D eigenvalue weighted by molar-refractivity contribution is 0.164. The van der Waals surface area contributed by atoms with Crippen LogP contribution in [0.2, 0.25) is 0 Å². The fourth-order valence-corrected chi connectivity index (χ4v) is 2.57. The molecule has 1 N–H and O–H groups in total. The van der Waals surface area contributed by atoms with Gasteiger partial charge in [0.15, 0.2) is 0 Å². The smallest absolute Gasteiger partial charge is 0.0790 e. The van der Waals surface area contributed by atoms with E-state index in [4.69, 9.17) is 0 Å². The second-order valence-electron chi connectivity index (χ2n) is 5.31. The summed E-state index contributed by atoms with van der Waals surface area (Å²) in [4.78, 5) is 4.66. The van der Waals surface area contributed by atoms with Crippen LogP contribution in [0.4, 0.5) is 0 Å². The summed E-state index contributed by atoms with van der Waals surface area (Å²) in [5.41, 5.74) is 3.12. The summed E-state index contributed by atoms with van der Waals surface area (Å²) in [6.45, 7) is 0. The van der Waals surface area contributed by atoms with Gasteiger partial charge in [-0.2, -0.15) is 0 Å². The number of nitrogens with zero attached hydrogens (tertiary/aromatic N) is 1. The van der Waals surface area contributed by atoms with E-state index in [0.29, 0.717) is 0 Å². The number of aliphatic hydroxyl groups excluding tert-OH is 1. The van der Waals surface area contributed by atoms with Gasteiger partial charge in [-0.25, -0.2) is 0 Å². The molecule has 0 saturated carbocycles. The zero-order chi connectivity index (χ0) is 14.5. The van der Waals surface area contributed by atoms with Crippen molar-refractivity contribution in [1.82, 2.24) is 4.98 Å². The lowest BCUT2D eigenvalue weighted by Gasteiger charge is -2.10. The largest absolute Gasteiger partial charge is 0.388 e. The number of fused-ring (bicyclic) bond motifs is 1. The normalized spacial score (nSPS) is 12.4. The van der Waals surface area contributed by atoms with Gasteiger partial charge < -0.3 is 5.11 Å². The third-order valence-electron chi connectivity index (χ3n) is 3.75. The summed E-state index contributed by atoms with van der Waals surface area (Å²) in [5.74, 6) is 0. The molecule has 1 atom stereocenters. The van der Waals surface area contributed by atoms with Crippen LogP contribution in [-0.2, 0) is 6.42 Å². The number of hydrogen-bond donors (Lipinski definition) is 1. The zero-order valence-corrected chi connectivity index (χ0v) is 11.9. The maximum Gasteiger partial charge on any atom is 0.0790 e. The van der Waals surface area contributed by atoms with Crippen molar-refractivity contribution in [1.29, 1.82) is 0 Å². The molecule has 0 aliphatic carbocycles. The highest BCUT2D eigenvalue weighted by atomic mass is 16.3. The van der Waals surface area contributed by atoms with Crippen LogP contribution in [0.15, 0.2) is 66.7 Å². The van der Waals surface area contributed by atoms with E-state index in [-0.39, 0.29) is 6.10 Å². The van der Waals surface area contributed by atoms with Gasteiger partial charge in [0.05, 0.1) is 11.6 Å². The Labute approximate surface area is 125 Å². The molecule has 1 heterocycles. The summed E-state index contributed by atoms with van der Waals surface area (Å²) in [7, 11) is 0. The van der Waals surface area contributed by atoms with Gasteiger partial charge in [0.1, 0.15) is 0 Å². The van der Waals surface area contributed by atoms with Crippen LogP contribution < -0.4 is 0 Å². The molecule has 0 spiro atoms. The van der Waals surface area contributed by atoms with E-state index in [1.165, 1.54) is 5.39 Å². The summed E-state index contributed by atoms with van der Waals surface area (Å²) in [6.07, 6.45) is 2.21. The molecule has 0 saturated heterocycles. The minimum atomic E-state index is -0.383. The molecule has 2 nitrogen and oxygen atoms in total. The third kappa shape index (κ3) is 3.47. The van der Waals surface area contributed by atoms with Crippen molar-refractivity contribution in [2.45, 2.75) is 25.4 Å². The molecule has 2 heteroatoms. The Morgan fingerprint density at radius 1 is 0.857 bits per heavy atom. The van der Waals surface area contributed by atoms with Gasteiger partial charge in [0, 0.05) is 11.1 Å². The van der Waals surface area contributed by atoms with E-state index in [9.17, 15) is 5.11 Å².